The summed E-state index contributed by atoms with van der Waals surface area (Å²) >= 11 is 1.87. The molecular weight excluding hydrogens is 282 g/mol. The zero-order valence-electron chi connectivity index (χ0n) is 11.7. The minimum Gasteiger partial charge on any atom is -0.497 e. The van der Waals surface area contributed by atoms with E-state index >= 15 is 0 Å². The highest BCUT2D eigenvalue weighted by Crippen LogP contribution is 2.39. The summed E-state index contributed by atoms with van der Waals surface area (Å²) in [4.78, 5) is 1.34. The Morgan fingerprint density at radius 2 is 2.05 bits per heavy atom. The summed E-state index contributed by atoms with van der Waals surface area (Å²) in [5, 5.41) is 9.03. The lowest BCUT2D eigenvalue weighted by atomic mass is 10.0. The van der Waals surface area contributed by atoms with Crippen LogP contribution >= 0.6 is 11.8 Å². The zero-order chi connectivity index (χ0) is 14.7. The van der Waals surface area contributed by atoms with Gasteiger partial charge in [-0.25, -0.2) is 0 Å². The predicted octanol–water partition coefficient (Wildman–Crippen LogP) is 3.84. The van der Waals surface area contributed by atoms with Crippen molar-refractivity contribution in [2.24, 2.45) is 0 Å². The van der Waals surface area contributed by atoms with E-state index in [4.69, 9.17) is 14.7 Å². The van der Waals surface area contributed by atoms with Gasteiger partial charge >= 0.3 is 0 Å². The van der Waals surface area contributed by atoms with E-state index in [2.05, 4.69) is 30.3 Å². The maximum Gasteiger partial charge on any atom is 0.124 e. The van der Waals surface area contributed by atoms with Crippen LogP contribution in [-0.4, -0.2) is 19.5 Å². The molecule has 0 aromatic heterocycles. The van der Waals surface area contributed by atoms with Crippen LogP contribution in [0, 0.1) is 11.3 Å². The summed E-state index contributed by atoms with van der Waals surface area (Å²) < 4.78 is 11.1. The lowest BCUT2D eigenvalue weighted by Crippen LogP contribution is -2.09. The van der Waals surface area contributed by atoms with E-state index in [0.29, 0.717) is 29.6 Å². The molecule has 0 saturated heterocycles. The number of methoxy groups -OCH3 is 1. The molecule has 2 aromatic rings. The second-order valence-corrected chi connectivity index (χ2v) is 5.93. The molecule has 21 heavy (non-hydrogen) atoms. The van der Waals surface area contributed by atoms with Crippen LogP contribution in [0.5, 0.6) is 11.5 Å². The molecule has 4 heteroatoms. The standard InChI is InChI=1S/C17H15NO2S/c1-19-14-6-12(9-18)7-15(8-14)20-10-13-11-21-17-5-3-2-4-16(13)17/h2-8,13H,10-11H2,1H3. The molecular formula is C17H15NO2S. The Balaban J connectivity index is 1.73. The number of hydrogen-bond acceptors (Lipinski definition) is 4. The van der Waals surface area contributed by atoms with E-state index in [1.807, 2.05) is 17.8 Å². The lowest BCUT2D eigenvalue weighted by Gasteiger charge is -2.13. The van der Waals surface area contributed by atoms with Gasteiger partial charge in [0.05, 0.1) is 25.3 Å². The Morgan fingerprint density at radius 3 is 2.86 bits per heavy atom. The van der Waals surface area contributed by atoms with Crippen molar-refractivity contribution in [1.82, 2.24) is 0 Å². The Hall–Kier alpha value is -2.12. The van der Waals surface area contributed by atoms with E-state index in [1.54, 1.807) is 19.2 Å². The van der Waals surface area contributed by atoms with Crippen molar-refractivity contribution >= 4 is 11.8 Å². The van der Waals surface area contributed by atoms with Crippen LogP contribution in [-0.2, 0) is 0 Å². The second-order valence-electron chi connectivity index (χ2n) is 4.87. The first-order chi connectivity index (χ1) is 10.3. The smallest absolute Gasteiger partial charge is 0.124 e. The highest BCUT2D eigenvalue weighted by Gasteiger charge is 2.23. The minimum atomic E-state index is 0.392. The van der Waals surface area contributed by atoms with Crippen molar-refractivity contribution in [3.05, 3.63) is 53.6 Å². The van der Waals surface area contributed by atoms with Crippen LogP contribution in [0.3, 0.4) is 0 Å². The largest absolute Gasteiger partial charge is 0.497 e. The number of benzene rings is 2. The molecule has 0 aliphatic carbocycles. The van der Waals surface area contributed by atoms with Crippen molar-refractivity contribution in [2.75, 3.05) is 19.5 Å². The van der Waals surface area contributed by atoms with Crippen molar-refractivity contribution < 1.29 is 9.47 Å². The molecule has 0 N–H and O–H groups in total. The van der Waals surface area contributed by atoms with Crippen molar-refractivity contribution in [1.29, 1.82) is 5.26 Å². The third-order valence-corrected chi connectivity index (χ3v) is 4.75. The molecule has 0 amide bonds. The van der Waals surface area contributed by atoms with Gasteiger partial charge in [-0.15, -0.1) is 11.8 Å². The summed E-state index contributed by atoms with van der Waals surface area (Å²) in [6.07, 6.45) is 0. The van der Waals surface area contributed by atoms with E-state index in [1.165, 1.54) is 10.5 Å². The normalized spacial score (nSPS) is 16.1. The Kier molecular flexibility index (Phi) is 4.03. The minimum absolute atomic E-state index is 0.392. The molecule has 0 fully saturated rings. The molecule has 0 radical (unpaired) electrons. The van der Waals surface area contributed by atoms with Crippen LogP contribution in [0.2, 0.25) is 0 Å². The number of rotatable bonds is 4. The average molecular weight is 297 g/mol. The highest BCUT2D eigenvalue weighted by atomic mass is 32.2. The van der Waals surface area contributed by atoms with Gasteiger partial charge in [-0.2, -0.15) is 5.26 Å². The molecule has 1 aliphatic heterocycles. The third-order valence-electron chi connectivity index (χ3n) is 3.49. The molecule has 0 saturated carbocycles. The maximum absolute atomic E-state index is 9.03. The van der Waals surface area contributed by atoms with Gasteiger partial charge in [0, 0.05) is 22.6 Å². The van der Waals surface area contributed by atoms with Crippen LogP contribution in [0.25, 0.3) is 0 Å². The fourth-order valence-electron chi connectivity index (χ4n) is 2.40. The van der Waals surface area contributed by atoms with Gasteiger partial charge in [-0.3, -0.25) is 0 Å². The number of thioether (sulfide) groups is 1. The average Bonchev–Trinajstić information content (AvgIpc) is 2.95. The molecule has 0 bridgehead atoms. The summed E-state index contributed by atoms with van der Waals surface area (Å²) in [5.41, 5.74) is 1.90. The van der Waals surface area contributed by atoms with E-state index in [9.17, 15) is 0 Å². The third kappa shape index (κ3) is 2.98. The first kappa shape index (κ1) is 13.8. The van der Waals surface area contributed by atoms with Gasteiger partial charge in [-0.1, -0.05) is 18.2 Å². The van der Waals surface area contributed by atoms with Gasteiger partial charge in [0.1, 0.15) is 11.5 Å². The van der Waals surface area contributed by atoms with Crippen LogP contribution in [0.15, 0.2) is 47.4 Å². The van der Waals surface area contributed by atoms with Crippen LogP contribution < -0.4 is 9.47 Å². The van der Waals surface area contributed by atoms with Crippen molar-refractivity contribution in [3.63, 3.8) is 0 Å². The number of fused-ring (bicyclic) bond motifs is 1. The molecule has 1 unspecified atom stereocenters. The second kappa shape index (κ2) is 6.11. The Labute approximate surface area is 128 Å². The topological polar surface area (TPSA) is 42.2 Å². The van der Waals surface area contributed by atoms with Crippen LogP contribution in [0.4, 0.5) is 0 Å². The quantitative estimate of drug-likeness (QED) is 0.860. The van der Waals surface area contributed by atoms with E-state index in [-0.39, 0.29) is 0 Å². The number of nitriles is 1. The first-order valence-electron chi connectivity index (χ1n) is 6.74. The fraction of sp³-hybridized carbons (Fsp3) is 0.235. The van der Waals surface area contributed by atoms with Gasteiger partial charge in [0.15, 0.2) is 0 Å². The van der Waals surface area contributed by atoms with Gasteiger partial charge in [0.2, 0.25) is 0 Å². The molecule has 1 atom stereocenters. The number of ether oxygens (including phenoxy) is 2. The summed E-state index contributed by atoms with van der Waals surface area (Å²) in [6, 6.07) is 15.8. The molecule has 0 spiro atoms. The Morgan fingerprint density at radius 1 is 1.24 bits per heavy atom. The van der Waals surface area contributed by atoms with Gasteiger partial charge in [0.25, 0.3) is 0 Å². The summed E-state index contributed by atoms with van der Waals surface area (Å²) in [6.45, 7) is 0.613. The molecule has 2 aromatic carbocycles. The SMILES string of the molecule is COc1cc(C#N)cc(OCC2CSc3ccccc32)c1. The number of hydrogen-bond donors (Lipinski definition) is 0. The molecule has 3 nitrogen and oxygen atoms in total. The lowest BCUT2D eigenvalue weighted by molar-refractivity contribution is 0.296. The van der Waals surface area contributed by atoms with Crippen LogP contribution in [0.1, 0.15) is 17.0 Å². The van der Waals surface area contributed by atoms with E-state index in [0.717, 1.165) is 5.75 Å². The zero-order valence-corrected chi connectivity index (χ0v) is 12.5. The van der Waals surface area contributed by atoms with Crippen molar-refractivity contribution in [2.45, 2.75) is 10.8 Å². The fourth-order valence-corrected chi connectivity index (χ4v) is 3.63. The van der Waals surface area contributed by atoms with Gasteiger partial charge < -0.3 is 9.47 Å². The molecule has 1 heterocycles. The monoisotopic (exact) mass is 297 g/mol. The first-order valence-corrected chi connectivity index (χ1v) is 7.72. The summed E-state index contributed by atoms with van der Waals surface area (Å²) in [5.74, 6) is 2.75. The summed E-state index contributed by atoms with van der Waals surface area (Å²) in [7, 11) is 1.59. The Bertz CT molecular complexity index is 693. The molecule has 3 rings (SSSR count). The predicted molar refractivity (Wildman–Crippen MR) is 83.1 cm³/mol. The maximum atomic E-state index is 9.03. The van der Waals surface area contributed by atoms with Gasteiger partial charge in [-0.05, 0) is 23.8 Å². The highest BCUT2D eigenvalue weighted by molar-refractivity contribution is 7.99. The molecule has 1 aliphatic rings. The van der Waals surface area contributed by atoms with Crippen molar-refractivity contribution in [3.8, 4) is 17.6 Å². The molecule has 106 valence electrons. The number of nitrogens with zero attached hydrogens (tertiary/aromatic N) is 1. The van der Waals surface area contributed by atoms with E-state index < -0.39 is 0 Å².